The van der Waals surface area contributed by atoms with Gasteiger partial charge in [0.15, 0.2) is 0 Å². The Morgan fingerprint density at radius 1 is 0.846 bits per heavy atom. The summed E-state index contributed by atoms with van der Waals surface area (Å²) in [4.78, 5) is 0. The van der Waals surface area contributed by atoms with Crippen molar-refractivity contribution in [1.29, 1.82) is 0 Å². The fourth-order valence-corrected chi connectivity index (χ4v) is 1.36. The predicted molar refractivity (Wildman–Crippen MR) is 61.8 cm³/mol. The van der Waals surface area contributed by atoms with Crippen LogP contribution >= 0.6 is 0 Å². The van der Waals surface area contributed by atoms with Gasteiger partial charge >= 0.3 is 0 Å². The average molecular weight is 189 g/mol. The monoisotopic (exact) mass is 189 g/mol. The molecule has 0 fully saturated rings. The van der Waals surface area contributed by atoms with Crippen molar-refractivity contribution in [1.82, 2.24) is 0 Å². The molecule has 0 aromatic heterocycles. The molecule has 1 heteroatoms. The number of unbranched alkanes of at least 4 members (excludes halogenated alkanes) is 8. The van der Waals surface area contributed by atoms with Crippen molar-refractivity contribution in [2.24, 2.45) is 0 Å². The molecule has 0 bridgehead atoms. The molecule has 0 aliphatic heterocycles. The molecule has 0 rings (SSSR count). The van der Waals surface area contributed by atoms with Crippen LogP contribution in [0.25, 0.3) is 0 Å². The van der Waals surface area contributed by atoms with E-state index in [-0.39, 0.29) is 29.6 Å². The van der Waals surface area contributed by atoms with E-state index in [9.17, 15) is 0 Å². The zero-order valence-corrected chi connectivity index (χ0v) is 11.4. The molecule has 71 valence electrons. The minimum absolute atomic E-state index is 0. The van der Waals surface area contributed by atoms with Gasteiger partial charge in [-0.2, -0.15) is 0 Å². The van der Waals surface area contributed by atoms with Gasteiger partial charge in [0.25, 0.3) is 0 Å². The Morgan fingerprint density at radius 2 is 1.31 bits per heavy atom. The summed E-state index contributed by atoms with van der Waals surface area (Å²) < 4.78 is 0. The van der Waals surface area contributed by atoms with E-state index < -0.39 is 0 Å². The van der Waals surface area contributed by atoms with Crippen molar-refractivity contribution in [3.8, 4) is 12.3 Å². The van der Waals surface area contributed by atoms with E-state index in [1.165, 1.54) is 51.4 Å². The second-order valence-corrected chi connectivity index (χ2v) is 3.43. The maximum atomic E-state index is 5.16. The molecule has 0 aromatic rings. The minimum atomic E-state index is 0. The molecule has 0 nitrogen and oxygen atoms in total. The van der Waals surface area contributed by atoms with Crippen molar-refractivity contribution in [3.63, 3.8) is 0 Å². The molecular weight excluding hydrogens is 167 g/mol. The fraction of sp³-hybridized carbons (Fsp3) is 0.833. The first kappa shape index (κ1) is 16.0. The van der Waals surface area contributed by atoms with E-state index in [0.29, 0.717) is 0 Å². The smallest absolute Gasteiger partial charge is 0.00860 e. The van der Waals surface area contributed by atoms with Gasteiger partial charge in [0.05, 0.1) is 0 Å². The molecule has 0 unspecified atom stereocenters. The Bertz CT molecular complexity index is 113. The van der Waals surface area contributed by atoms with Gasteiger partial charge in [-0.3, -0.25) is 0 Å². The number of hydrogen-bond donors (Lipinski definition) is 0. The van der Waals surface area contributed by atoms with Gasteiger partial charge < -0.3 is 0 Å². The van der Waals surface area contributed by atoms with Crippen LogP contribution in [-0.4, -0.2) is 29.6 Å². The maximum Gasteiger partial charge on any atom is 0.00860 e. The van der Waals surface area contributed by atoms with Crippen LogP contribution in [-0.2, 0) is 0 Å². The summed E-state index contributed by atoms with van der Waals surface area (Å²) in [7, 11) is 0. The molecule has 0 spiro atoms. The van der Waals surface area contributed by atoms with Crippen LogP contribution < -0.4 is 0 Å². The molecule has 1 radical (unpaired) electrons. The van der Waals surface area contributed by atoms with E-state index in [1.54, 1.807) is 0 Å². The maximum absolute atomic E-state index is 5.16. The van der Waals surface area contributed by atoms with Crippen LogP contribution in [0, 0.1) is 12.3 Å². The minimum Gasteiger partial charge on any atom is -0.120 e. The molecule has 0 amide bonds. The molecule has 0 aliphatic carbocycles. The quantitative estimate of drug-likeness (QED) is 0.310. The third kappa shape index (κ3) is 15.3. The van der Waals surface area contributed by atoms with Gasteiger partial charge in [-0.15, -0.1) is 12.3 Å². The largest absolute Gasteiger partial charge is 0.120 e. The Morgan fingerprint density at radius 3 is 1.77 bits per heavy atom. The van der Waals surface area contributed by atoms with Gasteiger partial charge in [-0.1, -0.05) is 51.9 Å². The van der Waals surface area contributed by atoms with E-state index in [4.69, 9.17) is 6.42 Å². The third-order valence-electron chi connectivity index (χ3n) is 2.17. The standard InChI is InChI=1S/C12H22.Na/c1-3-5-7-9-11-12-10-8-6-4-2;/h1H,4-12H2,2H3;. The van der Waals surface area contributed by atoms with Crippen molar-refractivity contribution in [2.45, 2.75) is 64.7 Å². The zero-order valence-electron chi connectivity index (χ0n) is 9.44. The van der Waals surface area contributed by atoms with E-state index in [1.807, 2.05) is 0 Å². The first-order valence-corrected chi connectivity index (χ1v) is 5.35. The Kier molecular flexibility index (Phi) is 18.5. The van der Waals surface area contributed by atoms with Crippen molar-refractivity contribution >= 4 is 29.6 Å². The average Bonchev–Trinajstić information content (AvgIpc) is 2.10. The fourth-order valence-electron chi connectivity index (χ4n) is 1.36. The summed E-state index contributed by atoms with van der Waals surface area (Å²) in [5, 5.41) is 0. The van der Waals surface area contributed by atoms with Crippen LogP contribution in [0.15, 0.2) is 0 Å². The molecular formula is C12H22Na. The van der Waals surface area contributed by atoms with Gasteiger partial charge in [0.2, 0.25) is 0 Å². The summed E-state index contributed by atoms with van der Waals surface area (Å²) in [5.41, 5.74) is 0. The summed E-state index contributed by atoms with van der Waals surface area (Å²) in [5.74, 6) is 2.68. The molecule has 0 aromatic carbocycles. The first-order chi connectivity index (χ1) is 5.91. The SMILES string of the molecule is C#CCCCCCCCCCC.[Na]. The molecule has 0 atom stereocenters. The zero-order chi connectivity index (χ0) is 9.07. The summed E-state index contributed by atoms with van der Waals surface area (Å²) in [6.45, 7) is 2.26. The second kappa shape index (κ2) is 15.1. The van der Waals surface area contributed by atoms with Crippen molar-refractivity contribution in [3.05, 3.63) is 0 Å². The molecule has 13 heavy (non-hydrogen) atoms. The third-order valence-corrected chi connectivity index (χ3v) is 2.17. The number of rotatable bonds is 8. The van der Waals surface area contributed by atoms with Gasteiger partial charge in [-0.05, 0) is 6.42 Å². The molecule has 0 saturated heterocycles. The van der Waals surface area contributed by atoms with Crippen molar-refractivity contribution in [2.75, 3.05) is 0 Å². The topological polar surface area (TPSA) is 0 Å². The number of terminal acetylenes is 1. The normalized spacial score (nSPS) is 8.92. The van der Waals surface area contributed by atoms with Gasteiger partial charge in [0, 0.05) is 36.0 Å². The van der Waals surface area contributed by atoms with E-state index >= 15 is 0 Å². The van der Waals surface area contributed by atoms with Crippen LogP contribution in [0.3, 0.4) is 0 Å². The van der Waals surface area contributed by atoms with Crippen LogP contribution in [0.2, 0.25) is 0 Å². The molecule has 0 N–H and O–H groups in total. The Hall–Kier alpha value is 0.560. The Labute approximate surface area is 106 Å². The molecule has 0 aliphatic rings. The van der Waals surface area contributed by atoms with Crippen LogP contribution in [0.1, 0.15) is 64.7 Å². The van der Waals surface area contributed by atoms with Crippen LogP contribution in [0.4, 0.5) is 0 Å². The van der Waals surface area contributed by atoms with Gasteiger partial charge in [-0.25, -0.2) is 0 Å². The second-order valence-electron chi connectivity index (χ2n) is 3.43. The summed E-state index contributed by atoms with van der Waals surface area (Å²) in [6, 6.07) is 0. The predicted octanol–water partition coefficient (Wildman–Crippen LogP) is 3.77. The van der Waals surface area contributed by atoms with Crippen molar-refractivity contribution < 1.29 is 0 Å². The van der Waals surface area contributed by atoms with Crippen LogP contribution in [0.5, 0.6) is 0 Å². The van der Waals surface area contributed by atoms with E-state index in [0.717, 1.165) is 6.42 Å². The number of hydrogen-bond acceptors (Lipinski definition) is 0. The molecule has 0 heterocycles. The summed E-state index contributed by atoms with van der Waals surface area (Å²) in [6.07, 6.45) is 17.1. The van der Waals surface area contributed by atoms with Gasteiger partial charge in [0.1, 0.15) is 0 Å². The van der Waals surface area contributed by atoms with E-state index in [2.05, 4.69) is 12.8 Å². The summed E-state index contributed by atoms with van der Waals surface area (Å²) >= 11 is 0. The Balaban J connectivity index is 0. The molecule has 0 saturated carbocycles. The first-order valence-electron chi connectivity index (χ1n) is 5.35.